The van der Waals surface area contributed by atoms with Crippen molar-refractivity contribution < 1.29 is 19.4 Å². The Morgan fingerprint density at radius 2 is 1.89 bits per heavy atom. The van der Waals surface area contributed by atoms with Crippen LogP contribution in [0.1, 0.15) is 36.1 Å². The lowest BCUT2D eigenvalue weighted by molar-refractivity contribution is -0.132. The van der Waals surface area contributed by atoms with E-state index < -0.39 is 17.7 Å². The molecule has 6 nitrogen and oxygen atoms in total. The summed E-state index contributed by atoms with van der Waals surface area (Å²) in [4.78, 5) is 31.6. The largest absolute Gasteiger partial charge is 0.507 e. The Bertz CT molecular complexity index is 1520. The number of anilines is 1. The van der Waals surface area contributed by atoms with Crippen molar-refractivity contribution in [2.45, 2.75) is 26.3 Å². The molecule has 4 aromatic rings. The zero-order chi connectivity index (χ0) is 25.4. The smallest absolute Gasteiger partial charge is 0.300 e. The second-order valence-electron chi connectivity index (χ2n) is 8.77. The molecule has 182 valence electrons. The van der Waals surface area contributed by atoms with Crippen LogP contribution in [0.3, 0.4) is 0 Å². The summed E-state index contributed by atoms with van der Waals surface area (Å²) < 4.78 is 5.71. The summed E-state index contributed by atoms with van der Waals surface area (Å²) in [6, 6.07) is 18.9. The monoisotopic (exact) mass is 500 g/mol. The number of benzene rings is 3. The predicted octanol–water partition coefficient (Wildman–Crippen LogP) is 6.54. The molecule has 3 aromatic carbocycles. The highest BCUT2D eigenvalue weighted by molar-refractivity contribution is 6.52. The molecule has 0 bridgehead atoms. The average molecular weight is 501 g/mol. The van der Waals surface area contributed by atoms with Crippen LogP contribution in [0.15, 0.2) is 78.5 Å². The number of Topliss-reactive ketones (excluding diaryl/α,β-unsaturated/α-hetero) is 1. The van der Waals surface area contributed by atoms with E-state index in [9.17, 15) is 14.7 Å². The number of aromatic amines is 1. The van der Waals surface area contributed by atoms with Gasteiger partial charge in [0.1, 0.15) is 11.5 Å². The molecule has 5 rings (SSSR count). The third-order valence-corrected chi connectivity index (χ3v) is 6.78. The van der Waals surface area contributed by atoms with Gasteiger partial charge < -0.3 is 14.8 Å². The van der Waals surface area contributed by atoms with Crippen LogP contribution in [0, 0.1) is 6.92 Å². The maximum absolute atomic E-state index is 13.5. The van der Waals surface area contributed by atoms with E-state index in [2.05, 4.69) is 4.98 Å². The Morgan fingerprint density at radius 1 is 1.08 bits per heavy atom. The molecular formula is C29H25ClN2O4. The molecular weight excluding hydrogens is 476 g/mol. The second-order valence-corrected chi connectivity index (χ2v) is 9.18. The summed E-state index contributed by atoms with van der Waals surface area (Å²) >= 11 is 6.39. The number of aliphatic hydroxyl groups excluding tert-OH is 1. The first kappa shape index (κ1) is 23.7. The van der Waals surface area contributed by atoms with E-state index in [1.54, 1.807) is 48.7 Å². The van der Waals surface area contributed by atoms with E-state index in [1.165, 1.54) is 4.90 Å². The lowest BCUT2D eigenvalue weighted by atomic mass is 9.94. The van der Waals surface area contributed by atoms with Gasteiger partial charge in [0.15, 0.2) is 0 Å². The number of carbonyl (C=O) groups is 2. The number of halogens is 1. The molecule has 1 aliphatic rings. The quantitative estimate of drug-likeness (QED) is 0.179. The molecule has 0 saturated carbocycles. The summed E-state index contributed by atoms with van der Waals surface area (Å²) in [5.74, 6) is -1.18. The van der Waals surface area contributed by atoms with E-state index >= 15 is 0 Å². The zero-order valence-corrected chi connectivity index (χ0v) is 20.7. The standard InChI is InChI=1S/C29H25ClN2O4/c1-3-13-36-20-8-6-7-18(14-20)27(33)25-26(22-16-31-24-10-5-4-9-21(22)24)32(29(35)28(25)34)19-12-11-17(2)23(30)15-19/h4-12,14-16,26,31,33H,3,13H2,1-2H3/b27-25+. The molecule has 1 atom stereocenters. The van der Waals surface area contributed by atoms with Crippen molar-refractivity contribution in [3.8, 4) is 5.75 Å². The number of hydrogen-bond acceptors (Lipinski definition) is 4. The van der Waals surface area contributed by atoms with Gasteiger partial charge >= 0.3 is 0 Å². The highest BCUT2D eigenvalue weighted by Gasteiger charge is 2.47. The number of nitrogens with zero attached hydrogens (tertiary/aromatic N) is 1. The molecule has 1 aromatic heterocycles. The lowest BCUT2D eigenvalue weighted by Gasteiger charge is -2.25. The average Bonchev–Trinajstić information content (AvgIpc) is 3.42. The number of aliphatic hydroxyl groups is 1. The molecule has 1 saturated heterocycles. The summed E-state index contributed by atoms with van der Waals surface area (Å²) in [7, 11) is 0. The molecule has 0 aliphatic carbocycles. The fourth-order valence-electron chi connectivity index (χ4n) is 4.55. The van der Waals surface area contributed by atoms with Crippen LogP contribution >= 0.6 is 11.6 Å². The van der Waals surface area contributed by atoms with Crippen LogP contribution in [0.2, 0.25) is 5.02 Å². The number of aromatic nitrogens is 1. The van der Waals surface area contributed by atoms with Crippen LogP contribution in [0.4, 0.5) is 5.69 Å². The van der Waals surface area contributed by atoms with Crippen LogP contribution < -0.4 is 9.64 Å². The number of rotatable bonds is 6. The molecule has 36 heavy (non-hydrogen) atoms. The Kier molecular flexibility index (Phi) is 6.29. The van der Waals surface area contributed by atoms with Gasteiger partial charge in [0.2, 0.25) is 0 Å². The highest BCUT2D eigenvalue weighted by atomic mass is 35.5. The van der Waals surface area contributed by atoms with Crippen LogP contribution in [0.5, 0.6) is 5.75 Å². The SMILES string of the molecule is CCCOc1cccc(/C(O)=C2\C(=O)C(=O)N(c3ccc(C)c(Cl)c3)C2c2c[nH]c3ccccc23)c1. The fraction of sp³-hybridized carbons (Fsp3) is 0.172. The maximum atomic E-state index is 13.5. The van der Waals surface area contributed by atoms with Crippen molar-refractivity contribution in [1.29, 1.82) is 0 Å². The highest BCUT2D eigenvalue weighted by Crippen LogP contribution is 2.45. The molecule has 1 amide bonds. The first-order chi connectivity index (χ1) is 17.4. The van der Waals surface area contributed by atoms with Gasteiger partial charge in [-0.2, -0.15) is 0 Å². The maximum Gasteiger partial charge on any atom is 0.300 e. The fourth-order valence-corrected chi connectivity index (χ4v) is 4.73. The molecule has 0 radical (unpaired) electrons. The number of nitrogens with one attached hydrogen (secondary N) is 1. The molecule has 7 heteroatoms. The Hall–Kier alpha value is -4.03. The van der Waals surface area contributed by atoms with E-state index in [0.717, 1.165) is 22.9 Å². The van der Waals surface area contributed by atoms with Gasteiger partial charge in [-0.1, -0.05) is 54.9 Å². The van der Waals surface area contributed by atoms with E-state index in [-0.39, 0.29) is 11.3 Å². The van der Waals surface area contributed by atoms with Gasteiger partial charge in [0.25, 0.3) is 11.7 Å². The van der Waals surface area contributed by atoms with Gasteiger partial charge in [0.05, 0.1) is 18.2 Å². The summed E-state index contributed by atoms with van der Waals surface area (Å²) in [6.07, 6.45) is 2.61. The summed E-state index contributed by atoms with van der Waals surface area (Å²) in [5.41, 5.74) is 3.28. The van der Waals surface area contributed by atoms with Crippen molar-refractivity contribution >= 4 is 45.6 Å². The third kappa shape index (κ3) is 4.03. The number of ether oxygens (including phenoxy) is 1. The first-order valence-corrected chi connectivity index (χ1v) is 12.1. The van der Waals surface area contributed by atoms with Crippen molar-refractivity contribution in [2.24, 2.45) is 0 Å². The van der Waals surface area contributed by atoms with Crippen molar-refractivity contribution in [3.05, 3.63) is 100 Å². The number of hydrogen-bond donors (Lipinski definition) is 2. The van der Waals surface area contributed by atoms with Crippen LogP contribution in [0.25, 0.3) is 16.7 Å². The molecule has 2 N–H and O–H groups in total. The molecule has 2 heterocycles. The Balaban J connectivity index is 1.73. The molecule has 1 fully saturated rings. The number of aryl methyl sites for hydroxylation is 1. The zero-order valence-electron chi connectivity index (χ0n) is 19.9. The topological polar surface area (TPSA) is 82.6 Å². The van der Waals surface area contributed by atoms with Gasteiger partial charge in [-0.25, -0.2) is 0 Å². The van der Waals surface area contributed by atoms with Crippen LogP contribution in [-0.2, 0) is 9.59 Å². The van der Waals surface area contributed by atoms with Gasteiger partial charge in [-0.15, -0.1) is 0 Å². The lowest BCUT2D eigenvalue weighted by Crippen LogP contribution is -2.29. The molecule has 1 aliphatic heterocycles. The normalized spacial score (nSPS) is 17.2. The first-order valence-electron chi connectivity index (χ1n) is 11.8. The minimum Gasteiger partial charge on any atom is -0.507 e. The van der Waals surface area contributed by atoms with Crippen molar-refractivity contribution in [3.63, 3.8) is 0 Å². The second kappa shape index (κ2) is 9.55. The third-order valence-electron chi connectivity index (χ3n) is 6.37. The molecule has 0 spiro atoms. The van der Waals surface area contributed by atoms with Crippen molar-refractivity contribution in [2.75, 3.05) is 11.5 Å². The minimum absolute atomic E-state index is 0.00842. The summed E-state index contributed by atoms with van der Waals surface area (Å²) in [6.45, 7) is 4.40. The number of H-pyrrole nitrogens is 1. The number of carbonyl (C=O) groups excluding carboxylic acids is 2. The van der Waals surface area contributed by atoms with Gasteiger partial charge in [0, 0.05) is 38.9 Å². The van der Waals surface area contributed by atoms with E-state index in [1.807, 2.05) is 38.1 Å². The summed E-state index contributed by atoms with van der Waals surface area (Å²) in [5, 5.41) is 12.8. The number of amides is 1. The molecule has 1 unspecified atom stereocenters. The van der Waals surface area contributed by atoms with Gasteiger partial charge in [-0.05, 0) is 49.2 Å². The Morgan fingerprint density at radius 3 is 2.67 bits per heavy atom. The van der Waals surface area contributed by atoms with Crippen LogP contribution in [-0.4, -0.2) is 28.4 Å². The van der Waals surface area contributed by atoms with Crippen molar-refractivity contribution in [1.82, 2.24) is 4.98 Å². The Labute approximate surface area is 213 Å². The number of fused-ring (bicyclic) bond motifs is 1. The minimum atomic E-state index is -0.861. The number of ketones is 1. The van der Waals surface area contributed by atoms with E-state index in [4.69, 9.17) is 16.3 Å². The number of para-hydroxylation sites is 1. The van der Waals surface area contributed by atoms with Gasteiger partial charge in [-0.3, -0.25) is 14.5 Å². The predicted molar refractivity (Wildman–Crippen MR) is 141 cm³/mol. The van der Waals surface area contributed by atoms with E-state index in [0.29, 0.717) is 34.2 Å².